The van der Waals surface area contributed by atoms with Crippen LogP contribution in [0.3, 0.4) is 0 Å². The van der Waals surface area contributed by atoms with Crippen LogP contribution in [0.25, 0.3) is 0 Å². The second kappa shape index (κ2) is 5.60. The van der Waals surface area contributed by atoms with Crippen LogP contribution in [-0.4, -0.2) is 30.4 Å². The summed E-state index contributed by atoms with van der Waals surface area (Å²) in [4.78, 5) is 13.4. The maximum Gasteiger partial charge on any atom is 0.234 e. The molecule has 3 nitrogen and oxygen atoms in total. The van der Waals surface area contributed by atoms with Gasteiger partial charge in [0.25, 0.3) is 0 Å². The lowest BCUT2D eigenvalue weighted by Gasteiger charge is -2.18. The number of carbonyl (C=O) groups excluding carboxylic acids is 1. The highest BCUT2D eigenvalue weighted by molar-refractivity contribution is 9.10. The standard InChI is InChI=1S/C12H14BrFN2O/c13-10-4-9(5-11(14)6-10)7-16-3-1-2-15-12(17)8-16/h4-6H,1-3,7-8H2,(H,15,17). The van der Waals surface area contributed by atoms with Crippen LogP contribution in [0, 0.1) is 5.82 Å². The number of amides is 1. The normalized spacial score (nSPS) is 17.6. The third-order valence-electron chi connectivity index (χ3n) is 2.67. The van der Waals surface area contributed by atoms with Crippen LogP contribution < -0.4 is 5.32 Å². The summed E-state index contributed by atoms with van der Waals surface area (Å²) in [5.74, 6) is -0.216. The topological polar surface area (TPSA) is 32.3 Å². The predicted octanol–water partition coefficient (Wildman–Crippen LogP) is 1.91. The first kappa shape index (κ1) is 12.5. The predicted molar refractivity (Wildman–Crippen MR) is 67.0 cm³/mol. The first-order valence-corrected chi connectivity index (χ1v) is 6.37. The second-order valence-corrected chi connectivity index (χ2v) is 5.11. The van der Waals surface area contributed by atoms with Gasteiger partial charge in [0.05, 0.1) is 6.54 Å². The molecular weight excluding hydrogens is 287 g/mol. The molecule has 1 aromatic rings. The van der Waals surface area contributed by atoms with Crippen molar-refractivity contribution >= 4 is 21.8 Å². The molecule has 0 radical (unpaired) electrons. The van der Waals surface area contributed by atoms with Crippen molar-refractivity contribution in [2.45, 2.75) is 13.0 Å². The van der Waals surface area contributed by atoms with E-state index in [2.05, 4.69) is 21.2 Å². The Morgan fingerprint density at radius 1 is 1.41 bits per heavy atom. The highest BCUT2D eigenvalue weighted by atomic mass is 79.9. The lowest BCUT2D eigenvalue weighted by Crippen LogP contribution is -2.32. The molecule has 17 heavy (non-hydrogen) atoms. The van der Waals surface area contributed by atoms with Gasteiger partial charge in [0.1, 0.15) is 5.82 Å². The molecule has 0 aliphatic carbocycles. The summed E-state index contributed by atoms with van der Waals surface area (Å²) in [5.41, 5.74) is 0.881. The van der Waals surface area contributed by atoms with E-state index in [-0.39, 0.29) is 11.7 Å². The molecule has 0 atom stereocenters. The fourth-order valence-electron chi connectivity index (χ4n) is 1.96. The maximum absolute atomic E-state index is 13.2. The van der Waals surface area contributed by atoms with E-state index in [0.29, 0.717) is 13.1 Å². The number of carbonyl (C=O) groups is 1. The smallest absolute Gasteiger partial charge is 0.234 e. The number of hydrogen-bond donors (Lipinski definition) is 1. The molecule has 92 valence electrons. The maximum atomic E-state index is 13.2. The first-order chi connectivity index (χ1) is 8.13. The number of hydrogen-bond acceptors (Lipinski definition) is 2. The van der Waals surface area contributed by atoms with E-state index in [9.17, 15) is 9.18 Å². The Kier molecular flexibility index (Phi) is 4.12. The number of nitrogens with zero attached hydrogens (tertiary/aromatic N) is 1. The zero-order valence-corrected chi connectivity index (χ0v) is 11.0. The molecule has 0 spiro atoms. The van der Waals surface area contributed by atoms with Crippen LogP contribution in [0.15, 0.2) is 22.7 Å². The molecule has 1 saturated heterocycles. The van der Waals surface area contributed by atoms with Crippen molar-refractivity contribution in [3.05, 3.63) is 34.1 Å². The summed E-state index contributed by atoms with van der Waals surface area (Å²) in [5, 5.41) is 2.82. The Bertz CT molecular complexity index is 405. The van der Waals surface area contributed by atoms with Crippen LogP contribution in [-0.2, 0) is 11.3 Å². The molecule has 2 rings (SSSR count). The Labute approximate surface area is 108 Å². The summed E-state index contributed by atoms with van der Waals surface area (Å²) < 4.78 is 13.9. The summed E-state index contributed by atoms with van der Waals surface area (Å²) in [6.45, 7) is 2.56. The van der Waals surface area contributed by atoms with E-state index in [4.69, 9.17) is 0 Å². The van der Waals surface area contributed by atoms with E-state index in [0.717, 1.165) is 29.5 Å². The Morgan fingerprint density at radius 2 is 2.24 bits per heavy atom. The Hall–Kier alpha value is -0.940. The van der Waals surface area contributed by atoms with E-state index in [1.165, 1.54) is 12.1 Å². The molecule has 0 aromatic heterocycles. The van der Waals surface area contributed by atoms with Gasteiger partial charge in [-0.25, -0.2) is 4.39 Å². The van der Waals surface area contributed by atoms with Gasteiger partial charge in [-0.15, -0.1) is 0 Å². The van der Waals surface area contributed by atoms with Crippen LogP contribution in [0.5, 0.6) is 0 Å². The van der Waals surface area contributed by atoms with Gasteiger partial charge >= 0.3 is 0 Å². The third kappa shape index (κ3) is 3.78. The molecule has 5 heteroatoms. The van der Waals surface area contributed by atoms with Gasteiger partial charge in [-0.05, 0) is 30.2 Å². The van der Waals surface area contributed by atoms with Crippen LogP contribution in [0.4, 0.5) is 4.39 Å². The van der Waals surface area contributed by atoms with Crippen molar-refractivity contribution in [2.75, 3.05) is 19.6 Å². The van der Waals surface area contributed by atoms with Crippen molar-refractivity contribution < 1.29 is 9.18 Å². The van der Waals surface area contributed by atoms with Gasteiger partial charge in [-0.2, -0.15) is 0 Å². The highest BCUT2D eigenvalue weighted by Crippen LogP contribution is 2.16. The zero-order valence-electron chi connectivity index (χ0n) is 9.38. The van der Waals surface area contributed by atoms with Crippen molar-refractivity contribution in [1.82, 2.24) is 10.2 Å². The quantitative estimate of drug-likeness (QED) is 0.905. The Morgan fingerprint density at radius 3 is 3.00 bits per heavy atom. The fourth-order valence-corrected chi connectivity index (χ4v) is 2.48. The molecule has 1 N–H and O–H groups in total. The van der Waals surface area contributed by atoms with Crippen molar-refractivity contribution in [2.24, 2.45) is 0 Å². The average molecular weight is 301 g/mol. The minimum absolute atomic E-state index is 0.0398. The molecule has 1 aliphatic heterocycles. The van der Waals surface area contributed by atoms with Crippen molar-refractivity contribution in [3.63, 3.8) is 0 Å². The van der Waals surface area contributed by atoms with Gasteiger partial charge < -0.3 is 5.32 Å². The van der Waals surface area contributed by atoms with Crippen molar-refractivity contribution in [1.29, 1.82) is 0 Å². The van der Waals surface area contributed by atoms with Crippen LogP contribution in [0.1, 0.15) is 12.0 Å². The lowest BCUT2D eigenvalue weighted by atomic mass is 10.2. The van der Waals surface area contributed by atoms with Crippen LogP contribution in [0.2, 0.25) is 0 Å². The third-order valence-corrected chi connectivity index (χ3v) is 3.13. The van der Waals surface area contributed by atoms with E-state index >= 15 is 0 Å². The van der Waals surface area contributed by atoms with Gasteiger partial charge in [-0.3, -0.25) is 9.69 Å². The van der Waals surface area contributed by atoms with E-state index < -0.39 is 0 Å². The number of rotatable bonds is 2. The highest BCUT2D eigenvalue weighted by Gasteiger charge is 2.14. The monoisotopic (exact) mass is 300 g/mol. The largest absolute Gasteiger partial charge is 0.355 e. The van der Waals surface area contributed by atoms with Gasteiger partial charge in [0.2, 0.25) is 5.91 Å². The lowest BCUT2D eigenvalue weighted by molar-refractivity contribution is -0.121. The summed E-state index contributed by atoms with van der Waals surface area (Å²) in [7, 11) is 0. The molecule has 1 aromatic carbocycles. The molecule has 1 amide bonds. The van der Waals surface area contributed by atoms with Gasteiger partial charge in [0.15, 0.2) is 0 Å². The Balaban J connectivity index is 2.06. The minimum Gasteiger partial charge on any atom is -0.355 e. The summed E-state index contributed by atoms with van der Waals surface area (Å²) >= 11 is 3.27. The van der Waals surface area contributed by atoms with Gasteiger partial charge in [0, 0.05) is 24.1 Å². The SMILES string of the molecule is O=C1CN(Cc2cc(F)cc(Br)c2)CCCN1. The number of halogens is 2. The van der Waals surface area contributed by atoms with E-state index in [1.54, 1.807) is 0 Å². The van der Waals surface area contributed by atoms with E-state index in [1.807, 2.05) is 11.0 Å². The molecule has 0 saturated carbocycles. The van der Waals surface area contributed by atoms with Gasteiger partial charge in [-0.1, -0.05) is 15.9 Å². The summed E-state index contributed by atoms with van der Waals surface area (Å²) in [6.07, 6.45) is 0.933. The van der Waals surface area contributed by atoms with Crippen LogP contribution >= 0.6 is 15.9 Å². The molecule has 1 fully saturated rings. The number of nitrogens with one attached hydrogen (secondary N) is 1. The minimum atomic E-state index is -0.256. The molecule has 0 bridgehead atoms. The average Bonchev–Trinajstić information content (AvgIpc) is 2.41. The second-order valence-electron chi connectivity index (χ2n) is 4.19. The fraction of sp³-hybridized carbons (Fsp3) is 0.417. The number of benzene rings is 1. The molecule has 1 aliphatic rings. The first-order valence-electron chi connectivity index (χ1n) is 5.57. The zero-order chi connectivity index (χ0) is 12.3. The van der Waals surface area contributed by atoms with Crippen molar-refractivity contribution in [3.8, 4) is 0 Å². The molecular formula is C12H14BrFN2O. The molecule has 1 heterocycles. The summed E-state index contributed by atoms with van der Waals surface area (Å²) in [6, 6.07) is 4.82. The molecule has 0 unspecified atom stereocenters.